The molecular weight excluding hydrogens is 368 g/mol. The number of pyridine rings is 1. The molecule has 146 valence electrons. The van der Waals surface area contributed by atoms with Crippen LogP contribution >= 0.6 is 11.3 Å². The van der Waals surface area contributed by atoms with Gasteiger partial charge in [0.2, 0.25) is 0 Å². The highest BCUT2D eigenvalue weighted by molar-refractivity contribution is 7.20. The minimum Gasteiger partial charge on any atom is -0.380 e. The fourth-order valence-electron chi connectivity index (χ4n) is 3.77. The molecule has 1 amide bonds. The second-order valence-electron chi connectivity index (χ2n) is 7.61. The summed E-state index contributed by atoms with van der Waals surface area (Å²) in [6, 6.07) is 2.29. The van der Waals surface area contributed by atoms with E-state index in [0.29, 0.717) is 16.8 Å². The van der Waals surface area contributed by atoms with Crippen LogP contribution in [0, 0.1) is 5.92 Å². The summed E-state index contributed by atoms with van der Waals surface area (Å²) in [7, 11) is 0. The highest BCUT2D eigenvalue weighted by Gasteiger charge is 2.20. The number of hydrogen-bond donors (Lipinski definition) is 2. The van der Waals surface area contributed by atoms with Crippen LogP contribution in [0.2, 0.25) is 0 Å². The predicted molar refractivity (Wildman–Crippen MR) is 117 cm³/mol. The first-order valence-corrected chi connectivity index (χ1v) is 10.6. The van der Waals surface area contributed by atoms with Crippen molar-refractivity contribution in [1.82, 2.24) is 9.88 Å². The van der Waals surface area contributed by atoms with Gasteiger partial charge in [-0.15, -0.1) is 11.3 Å². The van der Waals surface area contributed by atoms with Gasteiger partial charge < -0.3 is 11.1 Å². The maximum Gasteiger partial charge on any atom is 0.258 e. The van der Waals surface area contributed by atoms with Gasteiger partial charge in [-0.1, -0.05) is 37.3 Å². The van der Waals surface area contributed by atoms with Crippen molar-refractivity contribution >= 4 is 33.0 Å². The number of amides is 1. The van der Waals surface area contributed by atoms with E-state index in [-0.39, 0.29) is 5.91 Å². The average Bonchev–Trinajstić information content (AvgIpc) is 3.03. The molecule has 0 saturated carbocycles. The van der Waals surface area contributed by atoms with Crippen molar-refractivity contribution in [2.75, 3.05) is 25.0 Å². The van der Waals surface area contributed by atoms with Gasteiger partial charge in [-0.05, 0) is 30.4 Å². The van der Waals surface area contributed by atoms with Gasteiger partial charge in [0.15, 0.2) is 0 Å². The summed E-state index contributed by atoms with van der Waals surface area (Å²) < 4.78 is 0.991. The number of carbonyl (C=O) groups excluding carboxylic acids is 1. The summed E-state index contributed by atoms with van der Waals surface area (Å²) in [5.41, 5.74) is 7.80. The molecule has 28 heavy (non-hydrogen) atoms. The topological polar surface area (TPSA) is 71.2 Å². The first kappa shape index (κ1) is 18.9. The zero-order chi connectivity index (χ0) is 19.5. The molecule has 6 heteroatoms. The lowest BCUT2D eigenvalue weighted by Gasteiger charge is -2.33. The third kappa shape index (κ3) is 4.34. The lowest BCUT2D eigenvalue weighted by Crippen LogP contribution is -2.39. The lowest BCUT2D eigenvalue weighted by molar-refractivity contribution is 0.100. The van der Waals surface area contributed by atoms with Crippen LogP contribution in [0.1, 0.15) is 29.4 Å². The predicted octanol–water partition coefficient (Wildman–Crippen LogP) is 3.96. The molecule has 1 aliphatic carbocycles. The Balaban J connectivity index is 1.37. The number of thiophene rings is 1. The van der Waals surface area contributed by atoms with Gasteiger partial charge in [-0.25, -0.2) is 0 Å². The highest BCUT2D eigenvalue weighted by atomic mass is 32.1. The van der Waals surface area contributed by atoms with E-state index in [1.54, 1.807) is 6.20 Å². The summed E-state index contributed by atoms with van der Waals surface area (Å²) >= 11 is 1.40. The molecule has 1 fully saturated rings. The second-order valence-corrected chi connectivity index (χ2v) is 8.70. The molecule has 0 spiro atoms. The van der Waals surface area contributed by atoms with Crippen LogP contribution in [-0.4, -0.2) is 41.5 Å². The van der Waals surface area contributed by atoms with Crippen LogP contribution in [0.15, 0.2) is 54.4 Å². The van der Waals surface area contributed by atoms with Gasteiger partial charge in [0, 0.05) is 37.3 Å². The van der Waals surface area contributed by atoms with Gasteiger partial charge in [0.1, 0.15) is 0 Å². The fourth-order valence-corrected chi connectivity index (χ4v) is 4.67. The number of nitrogens with two attached hydrogens (primary N) is 1. The second kappa shape index (κ2) is 8.29. The molecule has 3 heterocycles. The number of primary amides is 1. The van der Waals surface area contributed by atoms with E-state index < -0.39 is 0 Å². The SMILES string of the molecule is CC1C=CC=C(CN2CCC(Nc3cncc4sc(C(N)=O)cc34)CC2)C=C1. The average molecular weight is 395 g/mol. The fraction of sp³-hybridized carbons (Fsp3) is 0.364. The van der Waals surface area contributed by atoms with Crippen molar-refractivity contribution < 1.29 is 4.79 Å². The molecule has 0 bridgehead atoms. The van der Waals surface area contributed by atoms with Gasteiger partial charge in [-0.3, -0.25) is 14.7 Å². The molecule has 5 nitrogen and oxygen atoms in total. The minimum atomic E-state index is -0.383. The molecule has 0 radical (unpaired) electrons. The van der Waals surface area contributed by atoms with E-state index in [9.17, 15) is 4.79 Å². The molecule has 2 aromatic heterocycles. The smallest absolute Gasteiger partial charge is 0.258 e. The Hall–Kier alpha value is -2.44. The first-order chi connectivity index (χ1) is 13.6. The summed E-state index contributed by atoms with van der Waals surface area (Å²) in [5.74, 6) is 0.124. The number of likely N-dealkylation sites (tertiary alicyclic amines) is 1. The Kier molecular flexibility index (Phi) is 5.59. The van der Waals surface area contributed by atoms with Gasteiger partial charge in [0.25, 0.3) is 5.91 Å². The Bertz CT molecular complexity index is 951. The monoisotopic (exact) mass is 394 g/mol. The van der Waals surface area contributed by atoms with Crippen molar-refractivity contribution in [2.24, 2.45) is 11.7 Å². The Morgan fingerprint density at radius 2 is 2.14 bits per heavy atom. The lowest BCUT2D eigenvalue weighted by atomic mass is 10.0. The molecular formula is C22H26N4OS. The maximum absolute atomic E-state index is 11.5. The number of allylic oxidation sites excluding steroid dienone is 4. The quantitative estimate of drug-likeness (QED) is 0.805. The van der Waals surface area contributed by atoms with Crippen LogP contribution in [0.25, 0.3) is 10.1 Å². The van der Waals surface area contributed by atoms with Gasteiger partial charge >= 0.3 is 0 Å². The molecule has 4 rings (SSSR count). The highest BCUT2D eigenvalue weighted by Crippen LogP contribution is 2.31. The first-order valence-electron chi connectivity index (χ1n) is 9.80. The van der Waals surface area contributed by atoms with E-state index in [1.807, 2.05) is 12.3 Å². The summed E-state index contributed by atoms with van der Waals surface area (Å²) in [4.78, 5) is 18.9. The molecule has 1 unspecified atom stereocenters. The van der Waals surface area contributed by atoms with Crippen LogP contribution in [0.3, 0.4) is 0 Å². The third-order valence-corrected chi connectivity index (χ3v) is 6.47. The summed E-state index contributed by atoms with van der Waals surface area (Å²) in [5, 5.41) is 4.67. The number of hydrogen-bond acceptors (Lipinski definition) is 5. The molecule has 0 aromatic carbocycles. The Labute approximate surface area is 169 Å². The van der Waals surface area contributed by atoms with E-state index >= 15 is 0 Å². The van der Waals surface area contributed by atoms with E-state index in [4.69, 9.17) is 5.73 Å². The molecule has 1 aliphatic heterocycles. The number of rotatable bonds is 5. The number of aromatic nitrogens is 1. The zero-order valence-electron chi connectivity index (χ0n) is 16.1. The maximum atomic E-state index is 11.5. The molecule has 3 N–H and O–H groups in total. The minimum absolute atomic E-state index is 0.383. The van der Waals surface area contributed by atoms with Crippen LogP contribution in [-0.2, 0) is 0 Å². The Morgan fingerprint density at radius 3 is 2.93 bits per heavy atom. The number of nitrogens with zero attached hydrogens (tertiary/aromatic N) is 2. The number of anilines is 1. The van der Waals surface area contributed by atoms with Gasteiger partial charge in [0.05, 0.1) is 21.5 Å². The molecule has 2 aromatic rings. The third-order valence-electron chi connectivity index (χ3n) is 5.38. The van der Waals surface area contributed by atoms with Crippen LogP contribution in [0.4, 0.5) is 5.69 Å². The van der Waals surface area contributed by atoms with E-state index in [0.717, 1.165) is 48.2 Å². The summed E-state index contributed by atoms with van der Waals surface area (Å²) in [6.45, 7) is 5.35. The normalized spacial score (nSPS) is 20.9. The largest absolute Gasteiger partial charge is 0.380 e. The zero-order valence-corrected chi connectivity index (χ0v) is 16.9. The standard InChI is InChI=1S/C22H26N4OS/c1-15-3-2-4-16(6-5-15)14-26-9-7-17(8-10-26)25-19-12-24-13-21-18(19)11-20(28-21)22(23)27/h2-6,11-13,15,17,25H,7-10,14H2,1H3,(H2,23,27). The van der Waals surface area contributed by atoms with Crippen molar-refractivity contribution in [3.05, 3.63) is 59.3 Å². The van der Waals surface area contributed by atoms with Crippen LogP contribution < -0.4 is 11.1 Å². The van der Waals surface area contributed by atoms with E-state index in [1.165, 1.54) is 16.9 Å². The van der Waals surface area contributed by atoms with Crippen molar-refractivity contribution in [3.63, 3.8) is 0 Å². The number of piperidine rings is 1. The van der Waals surface area contributed by atoms with Crippen molar-refractivity contribution in [3.8, 4) is 0 Å². The number of nitrogens with one attached hydrogen (secondary N) is 1. The van der Waals surface area contributed by atoms with Gasteiger partial charge in [-0.2, -0.15) is 0 Å². The number of fused-ring (bicyclic) bond motifs is 1. The van der Waals surface area contributed by atoms with E-state index in [2.05, 4.69) is 52.5 Å². The Morgan fingerprint density at radius 1 is 1.32 bits per heavy atom. The molecule has 1 atom stereocenters. The molecule has 1 saturated heterocycles. The van der Waals surface area contributed by atoms with Crippen molar-refractivity contribution in [1.29, 1.82) is 0 Å². The van der Waals surface area contributed by atoms with Crippen molar-refractivity contribution in [2.45, 2.75) is 25.8 Å². The molecule has 2 aliphatic rings. The number of carbonyl (C=O) groups is 1. The summed E-state index contributed by atoms with van der Waals surface area (Å²) in [6.07, 6.45) is 17.0. The van der Waals surface area contributed by atoms with Crippen LogP contribution in [0.5, 0.6) is 0 Å².